The molecule has 0 aliphatic carbocycles. The van der Waals surface area contributed by atoms with Crippen molar-refractivity contribution in [3.05, 3.63) is 188 Å². The van der Waals surface area contributed by atoms with Crippen molar-refractivity contribution in [3.8, 4) is 22.3 Å². The number of thiophene rings is 1. The van der Waals surface area contributed by atoms with Crippen LogP contribution in [0.15, 0.2) is 192 Å². The minimum Gasteiger partial charge on any atom is -0.456 e. The van der Waals surface area contributed by atoms with Gasteiger partial charge in [0.1, 0.15) is 11.2 Å². The molecule has 0 radical (unpaired) electrons. The van der Waals surface area contributed by atoms with Crippen LogP contribution in [0.5, 0.6) is 0 Å². The SMILES string of the molecule is c1ccc(-c2ccc3oc4ccc5cc(N(c6ccc(-c7ccc8ccccc8c7)cc6)c6ccc7sc8ccccc8c7c6)ccc5c4c3c2)cc1. The van der Waals surface area contributed by atoms with Gasteiger partial charge in [-0.05, 0) is 117 Å². The van der Waals surface area contributed by atoms with Gasteiger partial charge in [0.2, 0.25) is 0 Å². The standard InChI is InChI=1S/C50H31NOS/c1-2-8-32(9-3-1)37-18-25-46-45(30-37)50-42-24-22-40(29-38(42)19-26-47(50)52-46)51(41-23-27-49-44(31-41)43-12-6-7-13-48(43)53-49)39-20-16-34(17-21-39)36-15-14-33-10-4-5-11-35(33)28-36/h1-31H. The zero-order chi connectivity index (χ0) is 34.9. The van der Waals surface area contributed by atoms with Crippen molar-refractivity contribution in [2.45, 2.75) is 0 Å². The van der Waals surface area contributed by atoms with Crippen LogP contribution in [-0.4, -0.2) is 0 Å². The zero-order valence-electron chi connectivity index (χ0n) is 28.7. The van der Waals surface area contributed by atoms with Gasteiger partial charge in [0, 0.05) is 48.0 Å². The number of hydrogen-bond donors (Lipinski definition) is 0. The summed E-state index contributed by atoms with van der Waals surface area (Å²) in [5.41, 5.74) is 9.94. The van der Waals surface area contributed by atoms with E-state index in [0.717, 1.165) is 39.0 Å². The van der Waals surface area contributed by atoms with Gasteiger partial charge in [-0.2, -0.15) is 0 Å². The van der Waals surface area contributed by atoms with Crippen LogP contribution in [0.2, 0.25) is 0 Å². The molecule has 0 aliphatic heterocycles. The van der Waals surface area contributed by atoms with Crippen molar-refractivity contribution in [2.24, 2.45) is 0 Å². The van der Waals surface area contributed by atoms with Crippen LogP contribution in [0.25, 0.3) is 85.9 Å². The average Bonchev–Trinajstić information content (AvgIpc) is 3.79. The van der Waals surface area contributed by atoms with E-state index in [-0.39, 0.29) is 0 Å². The average molecular weight is 694 g/mol. The van der Waals surface area contributed by atoms with Crippen molar-refractivity contribution in [1.29, 1.82) is 0 Å². The van der Waals surface area contributed by atoms with Gasteiger partial charge in [0.05, 0.1) is 0 Å². The molecule has 2 heterocycles. The summed E-state index contributed by atoms with van der Waals surface area (Å²) in [4.78, 5) is 2.39. The van der Waals surface area contributed by atoms with E-state index < -0.39 is 0 Å². The van der Waals surface area contributed by atoms with Gasteiger partial charge in [-0.15, -0.1) is 11.3 Å². The summed E-state index contributed by atoms with van der Waals surface area (Å²) in [5, 5.41) is 9.72. The van der Waals surface area contributed by atoms with E-state index in [4.69, 9.17) is 4.42 Å². The Hall–Kier alpha value is -6.68. The first-order chi connectivity index (χ1) is 26.2. The Morgan fingerprint density at radius 3 is 1.89 bits per heavy atom. The van der Waals surface area contributed by atoms with E-state index >= 15 is 0 Å². The normalized spacial score (nSPS) is 11.8. The predicted molar refractivity (Wildman–Crippen MR) is 227 cm³/mol. The van der Waals surface area contributed by atoms with Crippen LogP contribution in [0, 0.1) is 0 Å². The Bertz CT molecular complexity index is 3170. The van der Waals surface area contributed by atoms with E-state index in [2.05, 4.69) is 193 Å². The van der Waals surface area contributed by atoms with Gasteiger partial charge in [0.15, 0.2) is 0 Å². The first-order valence-corrected chi connectivity index (χ1v) is 18.8. The molecule has 3 heteroatoms. The summed E-state index contributed by atoms with van der Waals surface area (Å²) < 4.78 is 9.00. The molecule has 248 valence electrons. The molecule has 0 fully saturated rings. The van der Waals surface area contributed by atoms with Crippen molar-refractivity contribution in [1.82, 2.24) is 0 Å². The Kier molecular flexibility index (Phi) is 6.76. The maximum atomic E-state index is 6.40. The molecule has 53 heavy (non-hydrogen) atoms. The molecule has 2 nitrogen and oxygen atoms in total. The summed E-state index contributed by atoms with van der Waals surface area (Å²) in [6.45, 7) is 0. The first kappa shape index (κ1) is 30.0. The molecule has 2 aromatic heterocycles. The van der Waals surface area contributed by atoms with Gasteiger partial charge in [-0.25, -0.2) is 0 Å². The third kappa shape index (κ3) is 5.01. The molecular formula is C50H31NOS. The van der Waals surface area contributed by atoms with Crippen molar-refractivity contribution in [3.63, 3.8) is 0 Å². The van der Waals surface area contributed by atoms with E-state index in [1.165, 1.54) is 64.0 Å². The summed E-state index contributed by atoms with van der Waals surface area (Å²) >= 11 is 1.85. The van der Waals surface area contributed by atoms with Gasteiger partial charge in [0.25, 0.3) is 0 Å². The molecule has 0 unspecified atom stereocenters. The summed E-state index contributed by atoms with van der Waals surface area (Å²) in [5.74, 6) is 0. The molecule has 9 aromatic carbocycles. The highest BCUT2D eigenvalue weighted by Gasteiger charge is 2.18. The number of fused-ring (bicyclic) bond motifs is 9. The Morgan fingerprint density at radius 2 is 0.981 bits per heavy atom. The second-order valence-corrected chi connectivity index (χ2v) is 14.8. The minimum atomic E-state index is 0.903. The van der Waals surface area contributed by atoms with Gasteiger partial charge >= 0.3 is 0 Å². The summed E-state index contributed by atoms with van der Waals surface area (Å²) in [6.07, 6.45) is 0. The van der Waals surface area contributed by atoms with E-state index in [9.17, 15) is 0 Å². The molecule has 0 amide bonds. The lowest BCUT2D eigenvalue weighted by molar-refractivity contribution is 0.669. The van der Waals surface area contributed by atoms with E-state index in [1.54, 1.807) is 0 Å². The third-order valence-corrected chi connectivity index (χ3v) is 11.8. The maximum Gasteiger partial charge on any atom is 0.136 e. The topological polar surface area (TPSA) is 16.4 Å². The van der Waals surface area contributed by atoms with Crippen LogP contribution in [0.3, 0.4) is 0 Å². The van der Waals surface area contributed by atoms with Gasteiger partial charge in [-0.1, -0.05) is 115 Å². The molecule has 11 aromatic rings. The van der Waals surface area contributed by atoms with Crippen molar-refractivity contribution < 1.29 is 4.42 Å². The molecular weight excluding hydrogens is 663 g/mol. The number of anilines is 3. The highest BCUT2D eigenvalue weighted by Crippen LogP contribution is 2.43. The number of hydrogen-bond acceptors (Lipinski definition) is 3. The zero-order valence-corrected chi connectivity index (χ0v) is 29.5. The Labute approximate surface area is 310 Å². The summed E-state index contributed by atoms with van der Waals surface area (Å²) in [7, 11) is 0. The largest absolute Gasteiger partial charge is 0.456 e. The molecule has 0 saturated heterocycles. The fourth-order valence-electron chi connectivity index (χ4n) is 8.01. The molecule has 0 spiro atoms. The molecule has 0 bridgehead atoms. The lowest BCUT2D eigenvalue weighted by Crippen LogP contribution is -2.09. The van der Waals surface area contributed by atoms with Crippen LogP contribution in [0.4, 0.5) is 17.1 Å². The van der Waals surface area contributed by atoms with Gasteiger partial charge in [-0.3, -0.25) is 0 Å². The molecule has 11 rings (SSSR count). The number of rotatable bonds is 5. The maximum absolute atomic E-state index is 6.40. The smallest absolute Gasteiger partial charge is 0.136 e. The fraction of sp³-hybridized carbons (Fsp3) is 0. The number of furan rings is 1. The quantitative estimate of drug-likeness (QED) is 0.178. The summed E-state index contributed by atoms with van der Waals surface area (Å²) in [6, 6.07) is 68.1. The second-order valence-electron chi connectivity index (χ2n) is 13.7. The minimum absolute atomic E-state index is 0.903. The van der Waals surface area contributed by atoms with Crippen LogP contribution in [0.1, 0.15) is 0 Å². The number of nitrogens with zero attached hydrogens (tertiary/aromatic N) is 1. The van der Waals surface area contributed by atoms with Crippen LogP contribution >= 0.6 is 11.3 Å². The van der Waals surface area contributed by atoms with E-state index in [1.807, 2.05) is 11.3 Å². The molecule has 0 N–H and O–H groups in total. The highest BCUT2D eigenvalue weighted by atomic mass is 32.1. The van der Waals surface area contributed by atoms with Crippen molar-refractivity contribution in [2.75, 3.05) is 4.90 Å². The monoisotopic (exact) mass is 693 g/mol. The molecule has 0 aliphatic rings. The van der Waals surface area contributed by atoms with Gasteiger partial charge < -0.3 is 9.32 Å². The third-order valence-electron chi connectivity index (χ3n) is 10.6. The Morgan fingerprint density at radius 1 is 0.340 bits per heavy atom. The Balaban J connectivity index is 1.07. The molecule has 0 atom stereocenters. The molecule has 0 saturated carbocycles. The lowest BCUT2D eigenvalue weighted by atomic mass is 9.99. The highest BCUT2D eigenvalue weighted by molar-refractivity contribution is 7.25. The lowest BCUT2D eigenvalue weighted by Gasteiger charge is -2.26. The van der Waals surface area contributed by atoms with E-state index in [0.29, 0.717) is 0 Å². The van der Waals surface area contributed by atoms with Crippen LogP contribution in [-0.2, 0) is 0 Å². The predicted octanol–water partition coefficient (Wildman–Crippen LogP) is 15.1. The van der Waals surface area contributed by atoms with Crippen molar-refractivity contribution >= 4 is 92.1 Å². The second kappa shape index (κ2) is 11.9. The van der Waals surface area contributed by atoms with Crippen LogP contribution < -0.4 is 4.90 Å². The fourth-order valence-corrected chi connectivity index (χ4v) is 9.10. The number of benzene rings is 9. The first-order valence-electron chi connectivity index (χ1n) is 18.0.